The lowest BCUT2D eigenvalue weighted by molar-refractivity contribution is 0.0677. The summed E-state index contributed by atoms with van der Waals surface area (Å²) in [6.45, 7) is 4.36. The SMILES string of the molecule is O=C(c1ccc(N2CCOCC2)cc1)N1CCC(CF)CC1. The number of halogens is 1. The van der Waals surface area contributed by atoms with Crippen LogP contribution < -0.4 is 4.90 Å². The number of amides is 1. The molecule has 2 saturated heterocycles. The number of likely N-dealkylation sites (tertiary alicyclic amines) is 1. The summed E-state index contributed by atoms with van der Waals surface area (Å²) in [7, 11) is 0. The van der Waals surface area contributed by atoms with E-state index in [2.05, 4.69) is 4.90 Å². The molecule has 3 rings (SSSR count). The summed E-state index contributed by atoms with van der Waals surface area (Å²) in [5, 5.41) is 0. The van der Waals surface area contributed by atoms with Gasteiger partial charge in [-0.3, -0.25) is 9.18 Å². The van der Waals surface area contributed by atoms with Crippen LogP contribution in [0, 0.1) is 5.92 Å². The van der Waals surface area contributed by atoms with Crippen LogP contribution in [0.2, 0.25) is 0 Å². The van der Waals surface area contributed by atoms with Crippen molar-refractivity contribution in [1.82, 2.24) is 4.90 Å². The number of piperidine rings is 1. The van der Waals surface area contributed by atoms with E-state index in [4.69, 9.17) is 4.74 Å². The molecule has 0 spiro atoms. The minimum atomic E-state index is -0.268. The highest BCUT2D eigenvalue weighted by molar-refractivity contribution is 5.94. The Bertz CT molecular complexity index is 492. The van der Waals surface area contributed by atoms with E-state index in [1.165, 1.54) is 0 Å². The van der Waals surface area contributed by atoms with Gasteiger partial charge in [-0.15, -0.1) is 0 Å². The number of nitrogens with zero attached hydrogens (tertiary/aromatic N) is 2. The lowest BCUT2D eigenvalue weighted by Crippen LogP contribution is -2.39. The smallest absolute Gasteiger partial charge is 0.253 e. The number of carbonyl (C=O) groups excluding carboxylic acids is 1. The number of benzene rings is 1. The van der Waals surface area contributed by atoms with Crippen molar-refractivity contribution in [3.63, 3.8) is 0 Å². The number of rotatable bonds is 3. The first-order chi connectivity index (χ1) is 10.8. The van der Waals surface area contributed by atoms with E-state index in [1.807, 2.05) is 29.2 Å². The fourth-order valence-electron chi connectivity index (χ4n) is 3.11. The van der Waals surface area contributed by atoms with Crippen molar-refractivity contribution >= 4 is 11.6 Å². The Hall–Kier alpha value is -1.62. The van der Waals surface area contributed by atoms with E-state index >= 15 is 0 Å². The molecule has 0 N–H and O–H groups in total. The van der Waals surface area contributed by atoms with Gasteiger partial charge in [0.2, 0.25) is 0 Å². The van der Waals surface area contributed by atoms with Gasteiger partial charge >= 0.3 is 0 Å². The van der Waals surface area contributed by atoms with E-state index < -0.39 is 0 Å². The molecule has 0 aliphatic carbocycles. The molecule has 1 amide bonds. The first-order valence-corrected chi connectivity index (χ1v) is 8.06. The minimum absolute atomic E-state index is 0.0610. The first kappa shape index (κ1) is 15.3. The third kappa shape index (κ3) is 3.40. The minimum Gasteiger partial charge on any atom is -0.378 e. The zero-order chi connectivity index (χ0) is 15.4. The van der Waals surface area contributed by atoms with Gasteiger partial charge in [0.25, 0.3) is 5.91 Å². The highest BCUT2D eigenvalue weighted by Crippen LogP contribution is 2.21. The summed E-state index contributed by atoms with van der Waals surface area (Å²) in [5.41, 5.74) is 1.85. The Morgan fingerprint density at radius 1 is 1.09 bits per heavy atom. The molecule has 2 aliphatic heterocycles. The lowest BCUT2D eigenvalue weighted by Gasteiger charge is -2.31. The molecular formula is C17H23FN2O2. The van der Waals surface area contributed by atoms with E-state index in [9.17, 15) is 9.18 Å². The summed E-state index contributed by atoms with van der Waals surface area (Å²) in [6, 6.07) is 7.81. The number of ether oxygens (including phenoxy) is 1. The molecule has 2 aliphatic rings. The second-order valence-electron chi connectivity index (χ2n) is 6.04. The monoisotopic (exact) mass is 306 g/mol. The third-order valence-corrected chi connectivity index (χ3v) is 4.61. The molecule has 0 unspecified atom stereocenters. The van der Waals surface area contributed by atoms with Gasteiger partial charge in [0.1, 0.15) is 0 Å². The fraction of sp³-hybridized carbons (Fsp3) is 0.588. The Kier molecular flexibility index (Phi) is 4.93. The Morgan fingerprint density at radius 3 is 2.32 bits per heavy atom. The lowest BCUT2D eigenvalue weighted by atomic mass is 9.98. The number of carbonyl (C=O) groups is 1. The zero-order valence-electron chi connectivity index (χ0n) is 12.8. The Labute approximate surface area is 130 Å². The summed E-state index contributed by atoms with van der Waals surface area (Å²) in [5.74, 6) is 0.193. The van der Waals surface area contributed by atoms with E-state index in [-0.39, 0.29) is 18.5 Å². The maximum atomic E-state index is 12.6. The predicted octanol–water partition coefficient (Wildman–Crippen LogP) is 2.34. The summed E-state index contributed by atoms with van der Waals surface area (Å²) >= 11 is 0. The third-order valence-electron chi connectivity index (χ3n) is 4.61. The van der Waals surface area contributed by atoms with Gasteiger partial charge in [-0.1, -0.05) is 0 Å². The molecule has 5 heteroatoms. The topological polar surface area (TPSA) is 32.8 Å². The molecule has 2 fully saturated rings. The first-order valence-electron chi connectivity index (χ1n) is 8.06. The molecule has 0 aromatic heterocycles. The van der Waals surface area contributed by atoms with Crippen LogP contribution in [0.5, 0.6) is 0 Å². The van der Waals surface area contributed by atoms with Crippen LogP contribution in [0.4, 0.5) is 10.1 Å². The average molecular weight is 306 g/mol. The summed E-state index contributed by atoms with van der Waals surface area (Å²) in [4.78, 5) is 16.6. The summed E-state index contributed by atoms with van der Waals surface area (Å²) < 4.78 is 18.0. The van der Waals surface area contributed by atoms with Crippen LogP contribution in [-0.2, 0) is 4.74 Å². The average Bonchev–Trinajstić information content (AvgIpc) is 2.62. The van der Waals surface area contributed by atoms with Crippen molar-refractivity contribution < 1.29 is 13.9 Å². The second kappa shape index (κ2) is 7.09. The van der Waals surface area contributed by atoms with Crippen LogP contribution in [0.3, 0.4) is 0 Å². The molecular weight excluding hydrogens is 283 g/mol. The van der Waals surface area contributed by atoms with Crippen LogP contribution in [0.15, 0.2) is 24.3 Å². The fourth-order valence-corrected chi connectivity index (χ4v) is 3.11. The molecule has 4 nitrogen and oxygen atoms in total. The maximum absolute atomic E-state index is 12.6. The highest BCUT2D eigenvalue weighted by Gasteiger charge is 2.23. The highest BCUT2D eigenvalue weighted by atomic mass is 19.1. The number of alkyl halides is 1. The predicted molar refractivity (Wildman–Crippen MR) is 84.1 cm³/mol. The van der Waals surface area contributed by atoms with Crippen LogP contribution in [0.25, 0.3) is 0 Å². The molecule has 22 heavy (non-hydrogen) atoms. The molecule has 2 heterocycles. The molecule has 120 valence electrons. The van der Waals surface area contributed by atoms with Crippen molar-refractivity contribution in [2.45, 2.75) is 12.8 Å². The molecule has 0 atom stereocenters. The zero-order valence-corrected chi connectivity index (χ0v) is 12.8. The number of hydrogen-bond donors (Lipinski definition) is 0. The maximum Gasteiger partial charge on any atom is 0.253 e. The molecule has 1 aromatic carbocycles. The van der Waals surface area contributed by atoms with Crippen molar-refractivity contribution in [2.24, 2.45) is 5.92 Å². The largest absolute Gasteiger partial charge is 0.378 e. The van der Waals surface area contributed by atoms with Gasteiger partial charge in [0.15, 0.2) is 0 Å². The van der Waals surface area contributed by atoms with E-state index in [0.717, 1.165) is 50.4 Å². The van der Waals surface area contributed by atoms with Gasteiger partial charge in [-0.2, -0.15) is 0 Å². The van der Waals surface area contributed by atoms with Gasteiger partial charge in [-0.25, -0.2) is 0 Å². The Morgan fingerprint density at radius 2 is 1.73 bits per heavy atom. The number of anilines is 1. The van der Waals surface area contributed by atoms with Gasteiger partial charge in [0.05, 0.1) is 19.9 Å². The van der Waals surface area contributed by atoms with Crippen molar-refractivity contribution in [2.75, 3.05) is 51.0 Å². The second-order valence-corrected chi connectivity index (χ2v) is 6.04. The van der Waals surface area contributed by atoms with Crippen LogP contribution in [0.1, 0.15) is 23.2 Å². The molecule has 1 aromatic rings. The quantitative estimate of drug-likeness (QED) is 0.859. The number of morpholine rings is 1. The summed E-state index contributed by atoms with van der Waals surface area (Å²) in [6.07, 6.45) is 1.54. The molecule has 0 radical (unpaired) electrons. The Balaban J connectivity index is 1.61. The molecule has 0 bridgehead atoms. The van der Waals surface area contributed by atoms with Crippen molar-refractivity contribution in [1.29, 1.82) is 0 Å². The van der Waals surface area contributed by atoms with Crippen LogP contribution in [-0.4, -0.2) is 56.9 Å². The van der Waals surface area contributed by atoms with E-state index in [0.29, 0.717) is 13.1 Å². The van der Waals surface area contributed by atoms with Gasteiger partial charge in [-0.05, 0) is 43.0 Å². The van der Waals surface area contributed by atoms with E-state index in [1.54, 1.807) is 0 Å². The molecule has 0 saturated carbocycles. The van der Waals surface area contributed by atoms with Crippen molar-refractivity contribution in [3.05, 3.63) is 29.8 Å². The van der Waals surface area contributed by atoms with Crippen LogP contribution >= 0.6 is 0 Å². The normalized spacial score (nSPS) is 20.2. The standard InChI is InChI=1S/C17H23FN2O2/c18-13-14-5-7-20(8-6-14)17(21)15-1-3-16(4-2-15)19-9-11-22-12-10-19/h1-4,14H,5-13H2. The number of hydrogen-bond acceptors (Lipinski definition) is 3. The van der Waals surface area contributed by atoms with Gasteiger partial charge in [0, 0.05) is 37.4 Å². The van der Waals surface area contributed by atoms with Crippen molar-refractivity contribution in [3.8, 4) is 0 Å². The van der Waals surface area contributed by atoms with Gasteiger partial charge < -0.3 is 14.5 Å².